The zero-order valence-electron chi connectivity index (χ0n) is 13.5. The molecule has 2 N–H and O–H groups in total. The number of aliphatic hydroxyl groups excluding tert-OH is 1. The van der Waals surface area contributed by atoms with E-state index in [9.17, 15) is 9.90 Å². The maximum atomic E-state index is 11.8. The Morgan fingerprint density at radius 2 is 2.04 bits per heavy atom. The second kappa shape index (κ2) is 8.43. The molecule has 1 amide bonds. The number of carbonyl (C=O) groups excluding carboxylic acids is 1. The number of nitrogens with zero attached hydrogens (tertiary/aromatic N) is 2. The second-order valence-corrected chi connectivity index (χ2v) is 5.85. The van der Waals surface area contributed by atoms with Crippen molar-refractivity contribution in [3.63, 3.8) is 0 Å². The van der Waals surface area contributed by atoms with Gasteiger partial charge in [-0.25, -0.2) is 0 Å². The SMILES string of the molecule is CC(C)c1noc(CCC(=O)NCC(O)Cc2ccccc2)n1. The van der Waals surface area contributed by atoms with Gasteiger partial charge in [-0.05, 0) is 5.56 Å². The summed E-state index contributed by atoms with van der Waals surface area (Å²) >= 11 is 0. The number of nitrogens with one attached hydrogen (secondary N) is 1. The van der Waals surface area contributed by atoms with Gasteiger partial charge in [-0.1, -0.05) is 49.3 Å². The number of hydrogen-bond acceptors (Lipinski definition) is 5. The average Bonchev–Trinajstić information content (AvgIpc) is 3.01. The third kappa shape index (κ3) is 5.83. The number of rotatable bonds is 8. The Hall–Kier alpha value is -2.21. The third-order valence-electron chi connectivity index (χ3n) is 3.42. The molecular weight excluding hydrogens is 294 g/mol. The first kappa shape index (κ1) is 17.1. The van der Waals surface area contributed by atoms with Crippen molar-refractivity contribution in [1.29, 1.82) is 0 Å². The first-order chi connectivity index (χ1) is 11.0. The summed E-state index contributed by atoms with van der Waals surface area (Å²) < 4.78 is 5.09. The Morgan fingerprint density at radius 3 is 2.70 bits per heavy atom. The lowest BCUT2D eigenvalue weighted by Gasteiger charge is -2.11. The molecule has 0 aliphatic carbocycles. The summed E-state index contributed by atoms with van der Waals surface area (Å²) in [5, 5.41) is 16.5. The molecule has 23 heavy (non-hydrogen) atoms. The summed E-state index contributed by atoms with van der Waals surface area (Å²) in [5.41, 5.74) is 1.04. The molecule has 1 aromatic heterocycles. The highest BCUT2D eigenvalue weighted by Gasteiger charge is 2.12. The Labute approximate surface area is 135 Å². The molecule has 0 aliphatic heterocycles. The van der Waals surface area contributed by atoms with Crippen molar-refractivity contribution >= 4 is 5.91 Å². The molecule has 1 atom stereocenters. The number of aryl methyl sites for hydroxylation is 1. The minimum absolute atomic E-state index is 0.138. The van der Waals surface area contributed by atoms with E-state index < -0.39 is 6.10 Å². The summed E-state index contributed by atoms with van der Waals surface area (Å²) in [4.78, 5) is 16.0. The maximum Gasteiger partial charge on any atom is 0.227 e. The van der Waals surface area contributed by atoms with Crippen molar-refractivity contribution in [3.8, 4) is 0 Å². The Bertz CT molecular complexity index is 611. The molecule has 6 heteroatoms. The van der Waals surface area contributed by atoms with Gasteiger partial charge in [0.15, 0.2) is 5.82 Å². The molecule has 0 bridgehead atoms. The topological polar surface area (TPSA) is 88.2 Å². The Kier molecular flexibility index (Phi) is 6.29. The van der Waals surface area contributed by atoms with Gasteiger partial charge in [-0.3, -0.25) is 4.79 Å². The largest absolute Gasteiger partial charge is 0.391 e. The molecule has 0 fully saturated rings. The van der Waals surface area contributed by atoms with Crippen molar-refractivity contribution < 1.29 is 14.4 Å². The molecule has 124 valence electrons. The fourth-order valence-electron chi connectivity index (χ4n) is 2.10. The molecule has 0 aliphatic rings. The van der Waals surface area contributed by atoms with E-state index in [1.807, 2.05) is 44.2 Å². The van der Waals surface area contributed by atoms with E-state index in [1.165, 1.54) is 0 Å². The maximum absolute atomic E-state index is 11.8. The Morgan fingerprint density at radius 1 is 1.30 bits per heavy atom. The van der Waals surface area contributed by atoms with Gasteiger partial charge in [0.05, 0.1) is 6.10 Å². The fraction of sp³-hybridized carbons (Fsp3) is 0.471. The molecule has 1 aromatic carbocycles. The highest BCUT2D eigenvalue weighted by Crippen LogP contribution is 2.10. The van der Waals surface area contributed by atoms with Gasteiger partial charge in [-0.15, -0.1) is 0 Å². The fourth-order valence-corrected chi connectivity index (χ4v) is 2.10. The van der Waals surface area contributed by atoms with Gasteiger partial charge in [0.2, 0.25) is 11.8 Å². The summed E-state index contributed by atoms with van der Waals surface area (Å²) in [5.74, 6) is 1.18. The van der Waals surface area contributed by atoms with Crippen LogP contribution in [0.25, 0.3) is 0 Å². The quantitative estimate of drug-likeness (QED) is 0.775. The molecular formula is C17H23N3O3. The molecule has 2 aromatic rings. The summed E-state index contributed by atoms with van der Waals surface area (Å²) in [6.07, 6.45) is 0.581. The number of aliphatic hydroxyl groups is 1. The van der Waals surface area contributed by atoms with Crippen LogP contribution in [0.2, 0.25) is 0 Å². The van der Waals surface area contributed by atoms with Gasteiger partial charge in [0.1, 0.15) is 0 Å². The lowest BCUT2D eigenvalue weighted by atomic mass is 10.1. The van der Waals surface area contributed by atoms with Crippen LogP contribution >= 0.6 is 0 Å². The smallest absolute Gasteiger partial charge is 0.227 e. The van der Waals surface area contributed by atoms with Crippen molar-refractivity contribution in [2.75, 3.05) is 6.54 Å². The second-order valence-electron chi connectivity index (χ2n) is 5.85. The Balaban J connectivity index is 1.68. The van der Waals surface area contributed by atoms with E-state index in [-0.39, 0.29) is 24.8 Å². The monoisotopic (exact) mass is 317 g/mol. The summed E-state index contributed by atoms with van der Waals surface area (Å²) in [6, 6.07) is 9.69. The van der Waals surface area contributed by atoms with Crippen LogP contribution in [-0.4, -0.2) is 33.8 Å². The molecule has 1 heterocycles. The third-order valence-corrected chi connectivity index (χ3v) is 3.42. The summed E-state index contributed by atoms with van der Waals surface area (Å²) in [6.45, 7) is 4.19. The van der Waals surface area contributed by atoms with Crippen LogP contribution in [0.15, 0.2) is 34.9 Å². The summed E-state index contributed by atoms with van der Waals surface area (Å²) in [7, 11) is 0. The lowest BCUT2D eigenvalue weighted by molar-refractivity contribution is -0.121. The first-order valence-corrected chi connectivity index (χ1v) is 7.85. The van der Waals surface area contributed by atoms with Gasteiger partial charge in [0, 0.05) is 31.7 Å². The van der Waals surface area contributed by atoms with Crippen LogP contribution in [0.4, 0.5) is 0 Å². The lowest BCUT2D eigenvalue weighted by Crippen LogP contribution is -2.33. The van der Waals surface area contributed by atoms with E-state index in [2.05, 4.69) is 15.5 Å². The standard InChI is InChI=1S/C17H23N3O3/c1-12(2)17-19-16(23-20-17)9-8-15(22)18-11-14(21)10-13-6-4-3-5-7-13/h3-7,12,14,21H,8-11H2,1-2H3,(H,18,22). The average molecular weight is 317 g/mol. The number of aromatic nitrogens is 2. The van der Waals surface area contributed by atoms with E-state index in [0.717, 1.165) is 5.56 Å². The van der Waals surface area contributed by atoms with Crippen molar-refractivity contribution in [2.24, 2.45) is 0 Å². The molecule has 0 radical (unpaired) electrons. The number of benzene rings is 1. The predicted octanol–water partition coefficient (Wildman–Crippen LogP) is 1.85. The normalized spacial score (nSPS) is 12.3. The van der Waals surface area contributed by atoms with Crippen LogP contribution in [0, 0.1) is 0 Å². The van der Waals surface area contributed by atoms with Crippen LogP contribution in [0.3, 0.4) is 0 Å². The van der Waals surface area contributed by atoms with Crippen molar-refractivity contribution in [3.05, 3.63) is 47.6 Å². The number of amides is 1. The van der Waals surface area contributed by atoms with Gasteiger partial charge in [0.25, 0.3) is 0 Å². The van der Waals surface area contributed by atoms with Gasteiger partial charge in [-0.2, -0.15) is 4.98 Å². The van der Waals surface area contributed by atoms with Crippen molar-refractivity contribution in [2.45, 2.75) is 45.1 Å². The van der Waals surface area contributed by atoms with Gasteiger partial charge < -0.3 is 14.9 Å². The van der Waals surface area contributed by atoms with Crippen LogP contribution in [0.1, 0.15) is 43.5 Å². The van der Waals surface area contributed by atoms with Gasteiger partial charge >= 0.3 is 0 Å². The molecule has 2 rings (SSSR count). The van der Waals surface area contributed by atoms with Crippen molar-refractivity contribution in [1.82, 2.24) is 15.5 Å². The minimum atomic E-state index is -0.600. The molecule has 0 saturated carbocycles. The van der Waals surface area contributed by atoms with E-state index in [0.29, 0.717) is 24.6 Å². The van der Waals surface area contributed by atoms with E-state index >= 15 is 0 Å². The highest BCUT2D eigenvalue weighted by atomic mass is 16.5. The number of carbonyl (C=O) groups is 1. The zero-order valence-corrected chi connectivity index (χ0v) is 13.5. The zero-order chi connectivity index (χ0) is 16.7. The highest BCUT2D eigenvalue weighted by molar-refractivity contribution is 5.76. The molecule has 6 nitrogen and oxygen atoms in total. The van der Waals surface area contributed by atoms with Crippen LogP contribution in [0.5, 0.6) is 0 Å². The first-order valence-electron chi connectivity index (χ1n) is 7.85. The molecule has 0 spiro atoms. The molecule has 0 saturated heterocycles. The number of hydrogen-bond donors (Lipinski definition) is 2. The van der Waals surface area contributed by atoms with E-state index in [4.69, 9.17) is 4.52 Å². The van der Waals surface area contributed by atoms with Crippen LogP contribution in [-0.2, 0) is 17.6 Å². The minimum Gasteiger partial charge on any atom is -0.391 e. The van der Waals surface area contributed by atoms with Crippen LogP contribution < -0.4 is 5.32 Å². The molecule has 1 unspecified atom stereocenters. The van der Waals surface area contributed by atoms with E-state index in [1.54, 1.807) is 0 Å². The predicted molar refractivity (Wildman–Crippen MR) is 85.9 cm³/mol.